The number of nitrogens with zero attached hydrogens (tertiary/aromatic N) is 2. The number of benzene rings is 1. The van der Waals surface area contributed by atoms with Crippen LogP contribution in [-0.2, 0) is 10.2 Å². The lowest BCUT2D eigenvalue weighted by atomic mass is 9.96. The van der Waals surface area contributed by atoms with E-state index in [1.54, 1.807) is 18.5 Å². The summed E-state index contributed by atoms with van der Waals surface area (Å²) in [5.41, 5.74) is 3.37. The minimum absolute atomic E-state index is 0.0467. The standard InChI is InChI=1S/C19H20N4O/c1-19(2,3)18-22-15-8-7-14(11-16(15)23-18)21-17(24)9-6-13-5-4-10-20-12-13/h4-12H,1-3H3,(H,21,24)(H,22,23). The van der Waals surface area contributed by atoms with E-state index in [0.717, 1.165) is 28.1 Å². The molecule has 1 aromatic carbocycles. The summed E-state index contributed by atoms with van der Waals surface area (Å²) in [6.07, 6.45) is 6.63. The van der Waals surface area contributed by atoms with E-state index in [4.69, 9.17) is 0 Å². The van der Waals surface area contributed by atoms with Gasteiger partial charge in [0.15, 0.2) is 0 Å². The van der Waals surface area contributed by atoms with Gasteiger partial charge in [-0.3, -0.25) is 9.78 Å². The Hall–Kier alpha value is -2.95. The molecule has 0 bridgehead atoms. The smallest absolute Gasteiger partial charge is 0.248 e. The van der Waals surface area contributed by atoms with Crippen LogP contribution in [-0.4, -0.2) is 20.9 Å². The highest BCUT2D eigenvalue weighted by atomic mass is 16.1. The fraction of sp³-hybridized carbons (Fsp3) is 0.211. The quantitative estimate of drug-likeness (QED) is 0.719. The Kier molecular flexibility index (Phi) is 4.16. The number of fused-ring (bicyclic) bond motifs is 1. The minimum atomic E-state index is -0.186. The van der Waals surface area contributed by atoms with Crippen LogP contribution >= 0.6 is 0 Å². The molecule has 2 N–H and O–H groups in total. The van der Waals surface area contributed by atoms with Crippen molar-refractivity contribution in [3.63, 3.8) is 0 Å². The molecule has 0 aliphatic rings. The van der Waals surface area contributed by atoms with Gasteiger partial charge in [0.05, 0.1) is 11.0 Å². The highest BCUT2D eigenvalue weighted by Gasteiger charge is 2.18. The Morgan fingerprint density at radius 3 is 2.79 bits per heavy atom. The maximum absolute atomic E-state index is 12.0. The zero-order chi connectivity index (χ0) is 17.2. The maximum atomic E-state index is 12.0. The molecule has 0 spiro atoms. The van der Waals surface area contributed by atoms with Crippen LogP contribution in [0.5, 0.6) is 0 Å². The molecule has 0 saturated carbocycles. The van der Waals surface area contributed by atoms with Gasteiger partial charge in [-0.1, -0.05) is 26.8 Å². The lowest BCUT2D eigenvalue weighted by Crippen LogP contribution is -2.12. The Bertz CT molecular complexity index is 889. The van der Waals surface area contributed by atoms with E-state index in [-0.39, 0.29) is 11.3 Å². The van der Waals surface area contributed by atoms with Gasteiger partial charge in [0.1, 0.15) is 5.82 Å². The van der Waals surface area contributed by atoms with Crippen LogP contribution in [0.4, 0.5) is 5.69 Å². The topological polar surface area (TPSA) is 70.7 Å². The molecule has 24 heavy (non-hydrogen) atoms. The van der Waals surface area contributed by atoms with Crippen molar-refractivity contribution in [2.24, 2.45) is 0 Å². The molecule has 0 aliphatic carbocycles. The predicted molar refractivity (Wildman–Crippen MR) is 96.7 cm³/mol. The summed E-state index contributed by atoms with van der Waals surface area (Å²) in [6, 6.07) is 9.37. The molecule has 0 atom stereocenters. The summed E-state index contributed by atoms with van der Waals surface area (Å²) in [4.78, 5) is 24.0. The van der Waals surface area contributed by atoms with E-state index >= 15 is 0 Å². The van der Waals surface area contributed by atoms with E-state index in [1.165, 1.54) is 6.08 Å². The van der Waals surface area contributed by atoms with Crippen molar-refractivity contribution in [2.45, 2.75) is 26.2 Å². The SMILES string of the molecule is CC(C)(C)c1nc2ccc(NC(=O)C=Cc3cccnc3)cc2[nH]1. The predicted octanol–water partition coefficient (Wildman–Crippen LogP) is 3.91. The number of carbonyl (C=O) groups excluding carboxylic acids is 1. The molecule has 3 aromatic rings. The van der Waals surface area contributed by atoms with E-state index in [1.807, 2.05) is 30.3 Å². The van der Waals surface area contributed by atoms with Crippen LogP contribution in [0.15, 0.2) is 48.8 Å². The number of imidazole rings is 1. The van der Waals surface area contributed by atoms with Crippen molar-refractivity contribution in [1.82, 2.24) is 15.0 Å². The van der Waals surface area contributed by atoms with Crippen LogP contribution in [0.2, 0.25) is 0 Å². The number of hydrogen-bond donors (Lipinski definition) is 2. The lowest BCUT2D eigenvalue weighted by Gasteiger charge is -2.13. The number of aromatic amines is 1. The molecule has 3 rings (SSSR count). The zero-order valence-electron chi connectivity index (χ0n) is 14.0. The molecule has 2 aromatic heterocycles. The van der Waals surface area contributed by atoms with Crippen molar-refractivity contribution in [3.8, 4) is 0 Å². The largest absolute Gasteiger partial charge is 0.341 e. The average molecular weight is 320 g/mol. The number of hydrogen-bond acceptors (Lipinski definition) is 3. The van der Waals surface area contributed by atoms with Gasteiger partial charge in [0.25, 0.3) is 0 Å². The number of carbonyl (C=O) groups is 1. The van der Waals surface area contributed by atoms with Crippen LogP contribution < -0.4 is 5.32 Å². The molecule has 0 aliphatic heterocycles. The second-order valence-corrected chi connectivity index (χ2v) is 6.68. The van der Waals surface area contributed by atoms with Crippen LogP contribution in [0, 0.1) is 0 Å². The molecule has 5 heteroatoms. The summed E-state index contributed by atoms with van der Waals surface area (Å²) in [5.74, 6) is 0.742. The van der Waals surface area contributed by atoms with Crippen LogP contribution in [0.25, 0.3) is 17.1 Å². The second-order valence-electron chi connectivity index (χ2n) is 6.68. The minimum Gasteiger partial charge on any atom is -0.341 e. The van der Waals surface area contributed by atoms with Gasteiger partial charge < -0.3 is 10.3 Å². The summed E-state index contributed by atoms with van der Waals surface area (Å²) >= 11 is 0. The first kappa shape index (κ1) is 15.9. The van der Waals surface area contributed by atoms with Gasteiger partial charge in [0, 0.05) is 29.6 Å². The maximum Gasteiger partial charge on any atom is 0.248 e. The normalized spacial score (nSPS) is 12.0. The van der Waals surface area contributed by atoms with E-state index in [0.29, 0.717) is 0 Å². The van der Waals surface area contributed by atoms with Crippen LogP contribution in [0.1, 0.15) is 32.2 Å². The van der Waals surface area contributed by atoms with Crippen molar-refractivity contribution in [2.75, 3.05) is 5.32 Å². The summed E-state index contributed by atoms with van der Waals surface area (Å²) in [6.45, 7) is 6.32. The van der Waals surface area contributed by atoms with E-state index in [9.17, 15) is 4.79 Å². The molecule has 0 saturated heterocycles. The monoisotopic (exact) mass is 320 g/mol. The Morgan fingerprint density at radius 1 is 1.25 bits per heavy atom. The Morgan fingerprint density at radius 2 is 2.08 bits per heavy atom. The van der Waals surface area contributed by atoms with Gasteiger partial charge in [-0.05, 0) is 35.9 Å². The van der Waals surface area contributed by atoms with Gasteiger partial charge in [0.2, 0.25) is 5.91 Å². The Balaban J connectivity index is 1.75. The Labute approximate surface area is 140 Å². The van der Waals surface area contributed by atoms with Gasteiger partial charge in [-0.25, -0.2) is 4.98 Å². The molecule has 122 valence electrons. The number of aromatic nitrogens is 3. The number of H-pyrrole nitrogens is 1. The van der Waals surface area contributed by atoms with Crippen molar-refractivity contribution < 1.29 is 4.79 Å². The van der Waals surface area contributed by atoms with Crippen molar-refractivity contribution >= 4 is 28.7 Å². The first-order valence-electron chi connectivity index (χ1n) is 7.81. The number of anilines is 1. The first-order chi connectivity index (χ1) is 11.4. The molecule has 0 fully saturated rings. The third-order valence-corrected chi connectivity index (χ3v) is 3.57. The highest BCUT2D eigenvalue weighted by molar-refractivity contribution is 6.02. The number of amides is 1. The number of nitrogens with one attached hydrogen (secondary N) is 2. The molecule has 0 radical (unpaired) electrons. The second kappa shape index (κ2) is 6.28. The third-order valence-electron chi connectivity index (χ3n) is 3.57. The lowest BCUT2D eigenvalue weighted by molar-refractivity contribution is -0.111. The molecule has 0 unspecified atom stereocenters. The van der Waals surface area contributed by atoms with Gasteiger partial charge in [-0.2, -0.15) is 0 Å². The third kappa shape index (κ3) is 3.68. The van der Waals surface area contributed by atoms with Crippen LogP contribution in [0.3, 0.4) is 0 Å². The fourth-order valence-electron chi connectivity index (χ4n) is 2.27. The van der Waals surface area contributed by atoms with Crippen molar-refractivity contribution in [3.05, 3.63) is 60.2 Å². The van der Waals surface area contributed by atoms with E-state index in [2.05, 4.69) is 41.0 Å². The fourth-order valence-corrected chi connectivity index (χ4v) is 2.27. The summed E-state index contributed by atoms with van der Waals surface area (Å²) < 4.78 is 0. The zero-order valence-corrected chi connectivity index (χ0v) is 14.0. The van der Waals surface area contributed by atoms with E-state index < -0.39 is 0 Å². The number of pyridine rings is 1. The van der Waals surface area contributed by atoms with Gasteiger partial charge in [-0.15, -0.1) is 0 Å². The molecule has 1 amide bonds. The molecular formula is C19H20N4O. The summed E-state index contributed by atoms with van der Waals surface area (Å²) in [5, 5.41) is 2.86. The molecular weight excluding hydrogens is 300 g/mol. The van der Waals surface area contributed by atoms with Crippen molar-refractivity contribution in [1.29, 1.82) is 0 Å². The number of rotatable bonds is 3. The summed E-state index contributed by atoms with van der Waals surface area (Å²) in [7, 11) is 0. The highest BCUT2D eigenvalue weighted by Crippen LogP contribution is 2.24. The first-order valence-corrected chi connectivity index (χ1v) is 7.81. The molecule has 2 heterocycles. The van der Waals surface area contributed by atoms with Gasteiger partial charge >= 0.3 is 0 Å². The molecule has 5 nitrogen and oxygen atoms in total. The average Bonchev–Trinajstić information content (AvgIpc) is 2.97.